The Hall–Kier alpha value is -1.27. The van der Waals surface area contributed by atoms with E-state index in [1.165, 1.54) is 0 Å². The number of carbonyl (C=O) groups excluding carboxylic acids is 1. The average Bonchev–Trinajstić information content (AvgIpc) is 2.82. The lowest BCUT2D eigenvalue weighted by Crippen LogP contribution is -2.39. The van der Waals surface area contributed by atoms with Gasteiger partial charge in [-0.25, -0.2) is 9.18 Å². The van der Waals surface area contributed by atoms with Crippen LogP contribution >= 0.6 is 27.5 Å². The van der Waals surface area contributed by atoms with Crippen LogP contribution in [0.3, 0.4) is 0 Å². The topological polar surface area (TPSA) is 45.3 Å². The quantitative estimate of drug-likeness (QED) is 0.628. The minimum Gasteiger partial charge on any atom is -0.444 e. The first-order valence-electron chi connectivity index (χ1n) is 7.32. The molecular formula is C16H17BrClFN2O2. The van der Waals surface area contributed by atoms with E-state index < -0.39 is 11.4 Å². The van der Waals surface area contributed by atoms with Crippen molar-refractivity contribution >= 4 is 44.5 Å². The van der Waals surface area contributed by atoms with Gasteiger partial charge in [-0.15, -0.1) is 0 Å². The number of ether oxygens (including phenoxy) is 1. The zero-order valence-corrected chi connectivity index (χ0v) is 15.4. The molecule has 7 heteroatoms. The van der Waals surface area contributed by atoms with Crippen molar-refractivity contribution < 1.29 is 13.9 Å². The summed E-state index contributed by atoms with van der Waals surface area (Å²) in [7, 11) is 0. The predicted molar refractivity (Wildman–Crippen MR) is 91.3 cm³/mol. The molecule has 1 amide bonds. The molecule has 1 aromatic carbocycles. The first-order valence-corrected chi connectivity index (χ1v) is 8.49. The Kier molecular flexibility index (Phi) is 4.09. The van der Waals surface area contributed by atoms with E-state index in [0.29, 0.717) is 29.5 Å². The van der Waals surface area contributed by atoms with Gasteiger partial charge in [0.05, 0.1) is 17.1 Å². The number of aromatic nitrogens is 1. The van der Waals surface area contributed by atoms with E-state index in [2.05, 4.69) is 20.9 Å². The van der Waals surface area contributed by atoms with Crippen molar-refractivity contribution in [2.45, 2.75) is 39.3 Å². The normalized spacial score (nSPS) is 15.0. The summed E-state index contributed by atoms with van der Waals surface area (Å²) in [5.41, 5.74) is 1.67. The predicted octanol–water partition coefficient (Wildman–Crippen LogP) is 5.02. The van der Waals surface area contributed by atoms with Crippen LogP contribution in [0.25, 0.3) is 10.9 Å². The molecule has 0 saturated carbocycles. The van der Waals surface area contributed by atoms with Gasteiger partial charge in [0, 0.05) is 34.1 Å². The Labute approximate surface area is 147 Å². The fourth-order valence-electron chi connectivity index (χ4n) is 2.77. The maximum Gasteiger partial charge on any atom is 0.410 e. The molecule has 0 saturated heterocycles. The number of fused-ring (bicyclic) bond motifs is 3. The van der Waals surface area contributed by atoms with Crippen LogP contribution in [-0.4, -0.2) is 28.1 Å². The Morgan fingerprint density at radius 3 is 2.83 bits per heavy atom. The minimum atomic E-state index is -0.544. The number of H-pyrrole nitrogens is 1. The summed E-state index contributed by atoms with van der Waals surface area (Å²) in [6.45, 7) is 6.41. The summed E-state index contributed by atoms with van der Waals surface area (Å²) < 4.78 is 20.4. The van der Waals surface area contributed by atoms with E-state index in [1.54, 1.807) is 11.0 Å². The molecule has 1 aliphatic rings. The fourth-order valence-corrected chi connectivity index (χ4v) is 3.77. The molecule has 0 spiro atoms. The minimum absolute atomic E-state index is 0.0620. The van der Waals surface area contributed by atoms with Crippen LogP contribution in [0.1, 0.15) is 32.0 Å². The number of hydrogen-bond acceptors (Lipinski definition) is 2. The van der Waals surface area contributed by atoms with E-state index in [4.69, 9.17) is 16.3 Å². The number of aromatic amines is 1. The van der Waals surface area contributed by atoms with Crippen molar-refractivity contribution in [1.82, 2.24) is 9.88 Å². The van der Waals surface area contributed by atoms with Crippen LogP contribution in [0, 0.1) is 5.82 Å². The third-order valence-electron chi connectivity index (χ3n) is 3.75. The van der Waals surface area contributed by atoms with E-state index in [9.17, 15) is 9.18 Å². The molecule has 0 radical (unpaired) electrons. The van der Waals surface area contributed by atoms with Crippen molar-refractivity contribution in [3.8, 4) is 0 Å². The standard InChI is InChI=1S/C16H17BrClFN2O2/c1-16(2,3)23-15(22)21-5-4-11-8(7-21)12-9(17)6-10(18)13(19)14(12)20-11/h6,20H,4-5,7H2,1-3H3. The van der Waals surface area contributed by atoms with Gasteiger partial charge in [0.2, 0.25) is 0 Å². The molecule has 124 valence electrons. The van der Waals surface area contributed by atoms with Gasteiger partial charge in [0.15, 0.2) is 5.82 Å². The van der Waals surface area contributed by atoms with E-state index in [0.717, 1.165) is 16.6 Å². The zero-order chi connectivity index (χ0) is 16.9. The number of halogens is 3. The SMILES string of the molecule is CC(C)(C)OC(=O)N1CCc2[nH]c3c(F)c(Cl)cc(Br)c3c2C1. The first kappa shape index (κ1) is 16.6. The molecule has 4 nitrogen and oxygen atoms in total. The van der Waals surface area contributed by atoms with Crippen LogP contribution < -0.4 is 0 Å². The second-order valence-electron chi connectivity index (χ2n) is 6.64. The summed E-state index contributed by atoms with van der Waals surface area (Å²) in [6, 6.07) is 1.54. The number of hydrogen-bond donors (Lipinski definition) is 1. The lowest BCUT2D eigenvalue weighted by Gasteiger charge is -2.30. The van der Waals surface area contributed by atoms with Crippen LogP contribution in [0.2, 0.25) is 5.02 Å². The second kappa shape index (κ2) is 5.67. The molecule has 0 atom stereocenters. The van der Waals surface area contributed by atoms with Gasteiger partial charge in [-0.1, -0.05) is 27.5 Å². The monoisotopic (exact) mass is 402 g/mol. The van der Waals surface area contributed by atoms with Gasteiger partial charge >= 0.3 is 6.09 Å². The van der Waals surface area contributed by atoms with Crippen LogP contribution in [-0.2, 0) is 17.7 Å². The summed E-state index contributed by atoms with van der Waals surface area (Å²) in [5.74, 6) is -0.469. The highest BCUT2D eigenvalue weighted by Gasteiger charge is 2.29. The van der Waals surface area contributed by atoms with E-state index in [-0.39, 0.29) is 11.1 Å². The lowest BCUT2D eigenvalue weighted by molar-refractivity contribution is 0.0224. The fraction of sp³-hybridized carbons (Fsp3) is 0.438. The molecule has 0 aliphatic carbocycles. The van der Waals surface area contributed by atoms with Crippen molar-refractivity contribution in [2.75, 3.05) is 6.54 Å². The molecule has 0 unspecified atom stereocenters. The Morgan fingerprint density at radius 1 is 1.48 bits per heavy atom. The van der Waals surface area contributed by atoms with Gasteiger partial charge in [-0.3, -0.25) is 0 Å². The van der Waals surface area contributed by atoms with Gasteiger partial charge < -0.3 is 14.6 Å². The molecule has 1 N–H and O–H groups in total. The average molecular weight is 404 g/mol. The Bertz CT molecular complexity index is 798. The molecule has 2 aromatic rings. The van der Waals surface area contributed by atoms with Crippen molar-refractivity contribution in [1.29, 1.82) is 0 Å². The smallest absolute Gasteiger partial charge is 0.410 e. The van der Waals surface area contributed by atoms with Crippen LogP contribution in [0.4, 0.5) is 9.18 Å². The van der Waals surface area contributed by atoms with E-state index in [1.807, 2.05) is 20.8 Å². The first-order chi connectivity index (χ1) is 10.7. The van der Waals surface area contributed by atoms with E-state index >= 15 is 0 Å². The molecular weight excluding hydrogens is 387 g/mol. The highest BCUT2D eigenvalue weighted by molar-refractivity contribution is 9.10. The van der Waals surface area contributed by atoms with Gasteiger partial charge in [-0.2, -0.15) is 0 Å². The summed E-state index contributed by atoms with van der Waals surface area (Å²) >= 11 is 9.34. The summed E-state index contributed by atoms with van der Waals surface area (Å²) in [5, 5.41) is 0.794. The number of nitrogens with zero attached hydrogens (tertiary/aromatic N) is 1. The summed E-state index contributed by atoms with van der Waals surface area (Å²) in [6.07, 6.45) is 0.260. The third kappa shape index (κ3) is 3.06. The lowest BCUT2D eigenvalue weighted by atomic mass is 10.0. The van der Waals surface area contributed by atoms with Crippen LogP contribution in [0.15, 0.2) is 10.5 Å². The number of rotatable bonds is 0. The highest BCUT2D eigenvalue weighted by Crippen LogP contribution is 2.37. The maximum atomic E-state index is 14.3. The highest BCUT2D eigenvalue weighted by atomic mass is 79.9. The number of amides is 1. The van der Waals surface area contributed by atoms with Crippen molar-refractivity contribution in [3.63, 3.8) is 0 Å². The Morgan fingerprint density at radius 2 is 2.17 bits per heavy atom. The van der Waals surface area contributed by atoms with Gasteiger partial charge in [0.25, 0.3) is 0 Å². The van der Waals surface area contributed by atoms with Crippen molar-refractivity contribution in [3.05, 3.63) is 32.6 Å². The molecule has 1 aromatic heterocycles. The van der Waals surface area contributed by atoms with Gasteiger partial charge in [0.1, 0.15) is 5.60 Å². The zero-order valence-electron chi connectivity index (χ0n) is 13.1. The molecule has 3 rings (SSSR count). The second-order valence-corrected chi connectivity index (χ2v) is 7.90. The third-order valence-corrected chi connectivity index (χ3v) is 4.65. The Balaban J connectivity index is 1.99. The molecule has 0 fully saturated rings. The summed E-state index contributed by atoms with van der Waals surface area (Å²) in [4.78, 5) is 17.0. The van der Waals surface area contributed by atoms with Gasteiger partial charge in [-0.05, 0) is 26.8 Å². The van der Waals surface area contributed by atoms with Crippen LogP contribution in [0.5, 0.6) is 0 Å². The molecule has 1 aliphatic heterocycles. The maximum absolute atomic E-state index is 14.3. The molecule has 0 bridgehead atoms. The largest absolute Gasteiger partial charge is 0.444 e. The molecule has 2 heterocycles. The van der Waals surface area contributed by atoms with Crippen molar-refractivity contribution in [2.24, 2.45) is 0 Å². The number of carbonyl (C=O) groups is 1. The number of nitrogens with one attached hydrogen (secondary N) is 1. The molecule has 23 heavy (non-hydrogen) atoms. The number of benzene rings is 1.